The van der Waals surface area contributed by atoms with Crippen molar-refractivity contribution in [3.63, 3.8) is 0 Å². The highest BCUT2D eigenvalue weighted by atomic mass is 19.1. The fourth-order valence-electron chi connectivity index (χ4n) is 1.16. The molecule has 0 N–H and O–H groups in total. The Labute approximate surface area is 74.8 Å². The smallest absolute Gasteiger partial charge is 0.148 e. The van der Waals surface area contributed by atoms with Crippen LogP contribution in [0, 0.1) is 12.7 Å². The summed E-state index contributed by atoms with van der Waals surface area (Å²) in [5, 5.41) is 3.91. The van der Waals surface area contributed by atoms with Gasteiger partial charge in [0.1, 0.15) is 23.7 Å². The highest BCUT2D eigenvalue weighted by Crippen LogP contribution is 2.11. The Bertz CT molecular complexity index is 422. The summed E-state index contributed by atoms with van der Waals surface area (Å²) in [6.45, 7) is 1.78. The first-order valence-electron chi connectivity index (χ1n) is 3.90. The van der Waals surface area contributed by atoms with E-state index in [9.17, 15) is 4.39 Å². The molecule has 0 unspecified atom stereocenters. The molecule has 1 heterocycles. The van der Waals surface area contributed by atoms with E-state index in [0.29, 0.717) is 11.5 Å². The molecule has 0 atom stereocenters. The molecule has 2 rings (SSSR count). The maximum absolute atomic E-state index is 13.2. The number of aryl methyl sites for hydroxylation is 1. The Morgan fingerprint density at radius 3 is 2.69 bits per heavy atom. The van der Waals surface area contributed by atoms with Crippen molar-refractivity contribution in [1.29, 1.82) is 0 Å². The number of para-hydroxylation sites is 1. The maximum atomic E-state index is 13.2. The summed E-state index contributed by atoms with van der Waals surface area (Å²) in [5.41, 5.74) is 0.428. The predicted molar refractivity (Wildman–Crippen MR) is 46.1 cm³/mol. The number of aromatic nitrogens is 3. The number of halogens is 1. The van der Waals surface area contributed by atoms with Crippen molar-refractivity contribution >= 4 is 0 Å². The summed E-state index contributed by atoms with van der Waals surface area (Å²) in [5.74, 6) is 0.376. The minimum Gasteiger partial charge on any atom is -0.220 e. The van der Waals surface area contributed by atoms with Crippen molar-refractivity contribution in [3.8, 4) is 5.69 Å². The Morgan fingerprint density at radius 1 is 1.31 bits per heavy atom. The molecule has 66 valence electrons. The van der Waals surface area contributed by atoms with Gasteiger partial charge in [0.15, 0.2) is 0 Å². The van der Waals surface area contributed by atoms with Gasteiger partial charge in [-0.2, -0.15) is 5.10 Å². The number of nitrogens with zero attached hydrogens (tertiary/aromatic N) is 3. The summed E-state index contributed by atoms with van der Waals surface area (Å²) >= 11 is 0. The van der Waals surface area contributed by atoms with Crippen molar-refractivity contribution < 1.29 is 4.39 Å². The van der Waals surface area contributed by atoms with Gasteiger partial charge in [-0.15, -0.1) is 0 Å². The molecular weight excluding hydrogens is 169 g/mol. The topological polar surface area (TPSA) is 30.7 Å². The van der Waals surface area contributed by atoms with Crippen molar-refractivity contribution in [1.82, 2.24) is 14.8 Å². The van der Waals surface area contributed by atoms with Gasteiger partial charge in [0.25, 0.3) is 0 Å². The van der Waals surface area contributed by atoms with Crippen LogP contribution in [-0.4, -0.2) is 14.8 Å². The van der Waals surface area contributed by atoms with Crippen molar-refractivity contribution in [2.75, 3.05) is 0 Å². The third kappa shape index (κ3) is 1.30. The molecule has 0 aliphatic rings. The van der Waals surface area contributed by atoms with Gasteiger partial charge in [0, 0.05) is 0 Å². The van der Waals surface area contributed by atoms with Gasteiger partial charge in [-0.05, 0) is 19.1 Å². The lowest BCUT2D eigenvalue weighted by molar-refractivity contribution is 0.608. The van der Waals surface area contributed by atoms with Crippen molar-refractivity contribution in [2.24, 2.45) is 0 Å². The molecule has 0 aliphatic heterocycles. The lowest BCUT2D eigenvalue weighted by Gasteiger charge is -2.02. The Kier molecular flexibility index (Phi) is 1.81. The standard InChI is InChI=1S/C9H8FN3/c1-7-11-6-12-13(7)9-5-3-2-4-8(9)10/h2-6H,1H3. The summed E-state index contributed by atoms with van der Waals surface area (Å²) in [6, 6.07) is 6.47. The second-order valence-electron chi connectivity index (χ2n) is 2.67. The molecule has 0 saturated heterocycles. The quantitative estimate of drug-likeness (QED) is 0.664. The SMILES string of the molecule is Cc1ncnn1-c1ccccc1F. The van der Waals surface area contributed by atoms with E-state index in [1.807, 2.05) is 0 Å². The van der Waals surface area contributed by atoms with Crippen molar-refractivity contribution in [3.05, 3.63) is 42.2 Å². The van der Waals surface area contributed by atoms with Gasteiger partial charge in [0.2, 0.25) is 0 Å². The highest BCUT2D eigenvalue weighted by Gasteiger charge is 2.05. The number of benzene rings is 1. The van der Waals surface area contributed by atoms with Crippen molar-refractivity contribution in [2.45, 2.75) is 6.92 Å². The van der Waals surface area contributed by atoms with Crippen LogP contribution in [-0.2, 0) is 0 Å². The van der Waals surface area contributed by atoms with Crippen LogP contribution < -0.4 is 0 Å². The summed E-state index contributed by atoms with van der Waals surface area (Å²) in [7, 11) is 0. The van der Waals surface area contributed by atoms with Gasteiger partial charge in [-0.1, -0.05) is 12.1 Å². The molecule has 3 nitrogen and oxygen atoms in total. The van der Waals surface area contributed by atoms with Crippen LogP contribution in [0.4, 0.5) is 4.39 Å². The van der Waals surface area contributed by atoms with Crippen LogP contribution in [0.5, 0.6) is 0 Å². The van der Waals surface area contributed by atoms with E-state index in [1.54, 1.807) is 25.1 Å². The lowest BCUT2D eigenvalue weighted by Crippen LogP contribution is -2.01. The van der Waals surface area contributed by atoms with Gasteiger partial charge in [-0.3, -0.25) is 0 Å². The van der Waals surface area contributed by atoms with E-state index in [4.69, 9.17) is 0 Å². The molecule has 0 saturated carbocycles. The van der Waals surface area contributed by atoms with Gasteiger partial charge >= 0.3 is 0 Å². The molecule has 2 aromatic rings. The zero-order valence-electron chi connectivity index (χ0n) is 7.11. The second kappa shape index (κ2) is 2.97. The number of hydrogen-bond donors (Lipinski definition) is 0. The molecule has 0 bridgehead atoms. The molecule has 0 aliphatic carbocycles. The Morgan fingerprint density at radius 2 is 2.08 bits per heavy atom. The largest absolute Gasteiger partial charge is 0.220 e. The molecule has 4 heteroatoms. The van der Waals surface area contributed by atoms with Gasteiger partial charge < -0.3 is 0 Å². The lowest BCUT2D eigenvalue weighted by atomic mass is 10.3. The van der Waals surface area contributed by atoms with E-state index in [2.05, 4.69) is 10.1 Å². The van der Waals surface area contributed by atoms with E-state index in [-0.39, 0.29) is 5.82 Å². The fraction of sp³-hybridized carbons (Fsp3) is 0.111. The number of hydrogen-bond acceptors (Lipinski definition) is 2. The third-order valence-electron chi connectivity index (χ3n) is 1.80. The first kappa shape index (κ1) is 7.91. The zero-order chi connectivity index (χ0) is 9.26. The fourth-order valence-corrected chi connectivity index (χ4v) is 1.16. The van der Waals surface area contributed by atoms with Crippen LogP contribution in [0.1, 0.15) is 5.82 Å². The second-order valence-corrected chi connectivity index (χ2v) is 2.67. The molecule has 1 aromatic heterocycles. The zero-order valence-corrected chi connectivity index (χ0v) is 7.11. The highest BCUT2D eigenvalue weighted by molar-refractivity contribution is 5.32. The predicted octanol–water partition coefficient (Wildman–Crippen LogP) is 1.71. The van der Waals surface area contributed by atoms with Gasteiger partial charge in [-0.25, -0.2) is 14.1 Å². The summed E-state index contributed by atoms with van der Waals surface area (Å²) < 4.78 is 14.7. The average Bonchev–Trinajstić information content (AvgIpc) is 2.52. The van der Waals surface area contributed by atoms with Crippen LogP contribution in [0.15, 0.2) is 30.6 Å². The molecular formula is C9H8FN3. The molecule has 0 fully saturated rings. The Balaban J connectivity index is 2.59. The minimum absolute atomic E-state index is 0.295. The molecule has 0 spiro atoms. The average molecular weight is 177 g/mol. The summed E-state index contributed by atoms with van der Waals surface area (Å²) in [6.07, 6.45) is 1.40. The minimum atomic E-state index is -0.295. The van der Waals surface area contributed by atoms with Crippen LogP contribution in [0.3, 0.4) is 0 Å². The first-order valence-corrected chi connectivity index (χ1v) is 3.90. The van der Waals surface area contributed by atoms with E-state index >= 15 is 0 Å². The van der Waals surface area contributed by atoms with E-state index in [0.717, 1.165) is 0 Å². The van der Waals surface area contributed by atoms with Crippen LogP contribution >= 0.6 is 0 Å². The van der Waals surface area contributed by atoms with Crippen LogP contribution in [0.2, 0.25) is 0 Å². The van der Waals surface area contributed by atoms with E-state index < -0.39 is 0 Å². The maximum Gasteiger partial charge on any atom is 0.148 e. The van der Waals surface area contributed by atoms with Gasteiger partial charge in [0.05, 0.1) is 0 Å². The third-order valence-corrected chi connectivity index (χ3v) is 1.80. The molecule has 0 amide bonds. The summed E-state index contributed by atoms with van der Waals surface area (Å²) in [4.78, 5) is 3.92. The molecule has 13 heavy (non-hydrogen) atoms. The normalized spacial score (nSPS) is 10.3. The molecule has 0 radical (unpaired) electrons. The molecule has 1 aromatic carbocycles. The van der Waals surface area contributed by atoms with E-state index in [1.165, 1.54) is 17.1 Å². The van der Waals surface area contributed by atoms with Crippen LogP contribution in [0.25, 0.3) is 5.69 Å². The first-order chi connectivity index (χ1) is 6.29. The number of rotatable bonds is 1. The Hall–Kier alpha value is -1.71. The monoisotopic (exact) mass is 177 g/mol.